The standard InChI is InChI=1S/C25H26FN5O2/c1-25-14-21(17-9-11-19(26)12-10-17)31(22(25)7-2-3-8-23(32)29-25)24(33)18-5-4-6-20(13-18)30-15-27-28-16-30/h4-6,9-13,15-16,21-22H,2-3,7-8,14H2,1H3,(H,29,32)/t21-,22-,25-/m0/s1. The fourth-order valence-electron chi connectivity index (χ4n) is 5.29. The Morgan fingerprint density at radius 1 is 1.12 bits per heavy atom. The average molecular weight is 448 g/mol. The number of fused-ring (bicyclic) bond motifs is 1. The van der Waals surface area contributed by atoms with Crippen LogP contribution in [0.2, 0.25) is 0 Å². The molecule has 8 heteroatoms. The second-order valence-corrected chi connectivity index (χ2v) is 9.13. The van der Waals surface area contributed by atoms with Gasteiger partial charge in [-0.3, -0.25) is 14.2 Å². The van der Waals surface area contributed by atoms with Gasteiger partial charge in [-0.15, -0.1) is 10.2 Å². The maximum absolute atomic E-state index is 14.0. The molecule has 3 heterocycles. The minimum Gasteiger partial charge on any atom is -0.349 e. The maximum atomic E-state index is 14.0. The first kappa shape index (κ1) is 21.3. The number of nitrogens with zero attached hydrogens (tertiary/aromatic N) is 4. The van der Waals surface area contributed by atoms with Gasteiger partial charge in [-0.1, -0.05) is 24.6 Å². The average Bonchev–Trinajstić information content (AvgIpc) is 3.43. The van der Waals surface area contributed by atoms with Crippen LogP contribution in [0, 0.1) is 5.82 Å². The monoisotopic (exact) mass is 447 g/mol. The Morgan fingerprint density at radius 2 is 1.88 bits per heavy atom. The molecule has 0 bridgehead atoms. The molecule has 7 nitrogen and oxygen atoms in total. The van der Waals surface area contributed by atoms with Crippen molar-refractivity contribution >= 4 is 11.8 Å². The van der Waals surface area contributed by atoms with Crippen LogP contribution in [0.15, 0.2) is 61.2 Å². The molecule has 1 aromatic heterocycles. The first-order valence-electron chi connectivity index (χ1n) is 11.3. The van der Waals surface area contributed by atoms with Crippen LogP contribution in [0.1, 0.15) is 61.0 Å². The molecule has 0 aliphatic carbocycles. The van der Waals surface area contributed by atoms with Gasteiger partial charge >= 0.3 is 0 Å². The lowest BCUT2D eigenvalue weighted by Crippen LogP contribution is -2.56. The zero-order valence-electron chi connectivity index (χ0n) is 18.4. The minimum atomic E-state index is -0.557. The Labute approximate surface area is 191 Å². The second-order valence-electron chi connectivity index (χ2n) is 9.13. The van der Waals surface area contributed by atoms with E-state index >= 15 is 0 Å². The topological polar surface area (TPSA) is 80.1 Å². The predicted octanol–water partition coefficient (Wildman–Crippen LogP) is 3.81. The number of hydrogen-bond donors (Lipinski definition) is 1. The van der Waals surface area contributed by atoms with Gasteiger partial charge in [-0.2, -0.15) is 0 Å². The summed E-state index contributed by atoms with van der Waals surface area (Å²) < 4.78 is 15.4. The third-order valence-corrected chi connectivity index (χ3v) is 6.88. The molecule has 2 aliphatic rings. The highest BCUT2D eigenvalue weighted by molar-refractivity contribution is 5.96. The Morgan fingerprint density at radius 3 is 2.64 bits per heavy atom. The molecule has 0 spiro atoms. The van der Waals surface area contributed by atoms with E-state index < -0.39 is 5.54 Å². The molecule has 1 N–H and O–H groups in total. The number of carbonyl (C=O) groups excluding carboxylic acids is 2. The van der Waals surface area contributed by atoms with Crippen LogP contribution < -0.4 is 5.32 Å². The SMILES string of the molecule is C[C@]12C[C@@H](c3ccc(F)cc3)N(C(=O)c3cccc(-n4cnnc4)c3)[C@H]1CCCCC(=O)N2. The van der Waals surface area contributed by atoms with E-state index in [0.29, 0.717) is 18.4 Å². The summed E-state index contributed by atoms with van der Waals surface area (Å²) in [6.07, 6.45) is 6.71. The van der Waals surface area contributed by atoms with E-state index in [1.165, 1.54) is 12.1 Å². The van der Waals surface area contributed by atoms with Crippen LogP contribution in [0.4, 0.5) is 4.39 Å². The fourth-order valence-corrected chi connectivity index (χ4v) is 5.29. The number of likely N-dealkylation sites (tertiary alicyclic amines) is 1. The summed E-state index contributed by atoms with van der Waals surface area (Å²) in [4.78, 5) is 28.4. The highest BCUT2D eigenvalue weighted by Crippen LogP contribution is 2.45. The lowest BCUT2D eigenvalue weighted by Gasteiger charge is -2.38. The normalized spacial score (nSPS) is 25.2. The molecular weight excluding hydrogens is 421 g/mol. The van der Waals surface area contributed by atoms with Gasteiger partial charge < -0.3 is 10.2 Å². The summed E-state index contributed by atoms with van der Waals surface area (Å²) in [7, 11) is 0. The van der Waals surface area contributed by atoms with Crippen LogP contribution >= 0.6 is 0 Å². The first-order chi connectivity index (χ1) is 15.9. The van der Waals surface area contributed by atoms with Gasteiger partial charge in [0.1, 0.15) is 18.5 Å². The van der Waals surface area contributed by atoms with Gasteiger partial charge in [0.15, 0.2) is 0 Å². The summed E-state index contributed by atoms with van der Waals surface area (Å²) in [5, 5.41) is 10.9. The quantitative estimate of drug-likeness (QED) is 0.662. The van der Waals surface area contributed by atoms with Gasteiger partial charge in [-0.05, 0) is 62.1 Å². The summed E-state index contributed by atoms with van der Waals surface area (Å²) in [5.74, 6) is -0.409. The van der Waals surface area contributed by atoms with E-state index in [1.54, 1.807) is 35.4 Å². The van der Waals surface area contributed by atoms with E-state index in [-0.39, 0.29) is 29.7 Å². The Balaban J connectivity index is 1.56. The zero-order chi connectivity index (χ0) is 23.0. The lowest BCUT2D eigenvalue weighted by molar-refractivity contribution is -0.123. The Kier molecular flexibility index (Phi) is 5.44. The number of aromatic nitrogens is 3. The number of benzene rings is 2. The number of amides is 2. The summed E-state index contributed by atoms with van der Waals surface area (Å²) >= 11 is 0. The zero-order valence-corrected chi connectivity index (χ0v) is 18.4. The van der Waals surface area contributed by atoms with Crippen molar-refractivity contribution < 1.29 is 14.0 Å². The van der Waals surface area contributed by atoms with Crippen molar-refractivity contribution in [1.29, 1.82) is 0 Å². The van der Waals surface area contributed by atoms with Crippen LogP contribution in [0.25, 0.3) is 5.69 Å². The van der Waals surface area contributed by atoms with Gasteiger partial charge in [0.25, 0.3) is 5.91 Å². The number of rotatable bonds is 3. The molecule has 2 amide bonds. The van der Waals surface area contributed by atoms with E-state index in [4.69, 9.17) is 0 Å². The number of halogens is 1. The van der Waals surface area contributed by atoms with Crippen molar-refractivity contribution in [2.24, 2.45) is 0 Å². The van der Waals surface area contributed by atoms with Crippen molar-refractivity contribution in [3.05, 3.63) is 78.1 Å². The van der Waals surface area contributed by atoms with E-state index in [0.717, 1.165) is 30.5 Å². The minimum absolute atomic E-state index is 0.0176. The molecule has 3 aromatic rings. The summed E-state index contributed by atoms with van der Waals surface area (Å²) in [5.41, 5.74) is 1.64. The van der Waals surface area contributed by atoms with Crippen molar-refractivity contribution in [1.82, 2.24) is 25.0 Å². The van der Waals surface area contributed by atoms with Crippen molar-refractivity contribution in [3.63, 3.8) is 0 Å². The van der Waals surface area contributed by atoms with Crippen LogP contribution in [0.5, 0.6) is 0 Å². The summed E-state index contributed by atoms with van der Waals surface area (Å²) in [6.45, 7) is 2.03. The number of nitrogens with one attached hydrogen (secondary N) is 1. The predicted molar refractivity (Wildman–Crippen MR) is 120 cm³/mol. The van der Waals surface area contributed by atoms with E-state index in [9.17, 15) is 14.0 Å². The van der Waals surface area contributed by atoms with Crippen LogP contribution in [-0.2, 0) is 4.79 Å². The first-order valence-corrected chi connectivity index (χ1v) is 11.3. The van der Waals surface area contributed by atoms with Crippen molar-refractivity contribution in [2.45, 2.75) is 56.7 Å². The summed E-state index contributed by atoms with van der Waals surface area (Å²) in [6, 6.07) is 13.2. The van der Waals surface area contributed by atoms with E-state index in [2.05, 4.69) is 15.5 Å². The highest BCUT2D eigenvalue weighted by Gasteiger charge is 2.52. The van der Waals surface area contributed by atoms with Gasteiger partial charge in [0, 0.05) is 17.7 Å². The molecule has 2 aromatic carbocycles. The van der Waals surface area contributed by atoms with Crippen molar-refractivity contribution in [2.75, 3.05) is 0 Å². The second kappa shape index (κ2) is 8.42. The molecule has 5 rings (SSSR count). The number of carbonyl (C=O) groups is 2. The van der Waals surface area contributed by atoms with Crippen molar-refractivity contribution in [3.8, 4) is 5.69 Å². The Bertz CT molecular complexity index is 1160. The molecule has 0 radical (unpaired) electrons. The van der Waals surface area contributed by atoms with Gasteiger partial charge in [0.2, 0.25) is 5.91 Å². The molecule has 3 atom stereocenters. The third-order valence-electron chi connectivity index (χ3n) is 6.88. The molecule has 2 fully saturated rings. The molecule has 0 saturated carbocycles. The van der Waals surface area contributed by atoms with Gasteiger partial charge in [-0.25, -0.2) is 4.39 Å². The van der Waals surface area contributed by atoms with E-state index in [1.807, 2.05) is 30.0 Å². The highest BCUT2D eigenvalue weighted by atomic mass is 19.1. The third kappa shape index (κ3) is 4.01. The molecule has 2 saturated heterocycles. The molecular formula is C25H26FN5O2. The van der Waals surface area contributed by atoms with Gasteiger partial charge in [0.05, 0.1) is 17.6 Å². The largest absolute Gasteiger partial charge is 0.349 e. The fraction of sp³-hybridized carbons (Fsp3) is 0.360. The maximum Gasteiger partial charge on any atom is 0.254 e. The molecule has 33 heavy (non-hydrogen) atoms. The molecule has 170 valence electrons. The van der Waals surface area contributed by atoms with Crippen LogP contribution in [0.3, 0.4) is 0 Å². The molecule has 0 unspecified atom stereocenters. The number of hydrogen-bond acceptors (Lipinski definition) is 4. The lowest BCUT2D eigenvalue weighted by atomic mass is 9.85. The Hall–Kier alpha value is -3.55. The van der Waals surface area contributed by atoms with Crippen LogP contribution in [-0.4, -0.2) is 43.1 Å². The smallest absolute Gasteiger partial charge is 0.254 e. The molecule has 2 aliphatic heterocycles.